The normalized spacial score (nSPS) is 9.64. The molecule has 0 heterocycles. The highest BCUT2D eigenvalue weighted by Gasteiger charge is 2.20. The molecule has 0 aliphatic heterocycles. The summed E-state index contributed by atoms with van der Waals surface area (Å²) in [5.41, 5.74) is -2.00. The van der Waals surface area contributed by atoms with Gasteiger partial charge in [0, 0.05) is 0 Å². The number of hydrogen-bond acceptors (Lipinski definition) is 2. The minimum atomic E-state index is -2.03. The molecule has 0 fully saturated rings. The monoisotopic (exact) mass is 199 g/mol. The van der Waals surface area contributed by atoms with Gasteiger partial charge in [0.05, 0.1) is 5.56 Å². The molecule has 0 bridgehead atoms. The maximum Gasteiger partial charge on any atom is 0.335 e. The summed E-state index contributed by atoms with van der Waals surface area (Å²) in [6, 6.07) is -0.0651. The molecular weight excluding hydrogens is 195 g/mol. The van der Waals surface area contributed by atoms with E-state index in [1.165, 1.54) is 13.0 Å². The number of carbonyl (C=O) groups excluding carboxylic acids is 1. The van der Waals surface area contributed by atoms with Crippen LogP contribution in [-0.2, 0) is 0 Å². The Morgan fingerprint density at radius 2 is 2.00 bits per heavy atom. The Labute approximate surface area is 77.6 Å². The molecule has 14 heavy (non-hydrogen) atoms. The van der Waals surface area contributed by atoms with Gasteiger partial charge in [-0.2, -0.15) is 9.65 Å². The predicted octanol–water partition coefficient (Wildman–Crippen LogP) is 2.25. The zero-order valence-corrected chi connectivity index (χ0v) is 7.07. The van der Waals surface area contributed by atoms with Crippen molar-refractivity contribution in [2.24, 2.45) is 0 Å². The van der Waals surface area contributed by atoms with E-state index in [0.29, 0.717) is 0 Å². The summed E-state index contributed by atoms with van der Waals surface area (Å²) < 4.78 is 38.3. The van der Waals surface area contributed by atoms with Crippen molar-refractivity contribution in [1.29, 1.82) is 5.26 Å². The van der Waals surface area contributed by atoms with Gasteiger partial charge in [-0.1, -0.05) is 0 Å². The fourth-order valence-electron chi connectivity index (χ4n) is 1.01. The topological polar surface area (TPSA) is 40.9 Å². The third-order valence-corrected chi connectivity index (χ3v) is 1.71. The van der Waals surface area contributed by atoms with Crippen LogP contribution in [-0.4, -0.2) is 6.04 Å². The first-order valence-corrected chi connectivity index (χ1v) is 3.57. The number of hydrogen-bond donors (Lipinski definition) is 0. The third kappa shape index (κ3) is 1.46. The van der Waals surface area contributed by atoms with Crippen LogP contribution in [0.4, 0.5) is 13.2 Å². The molecule has 0 radical (unpaired) electrons. The number of nitrogens with zero attached hydrogens (tertiary/aromatic N) is 1. The molecule has 0 atom stereocenters. The number of rotatable bonds is 1. The van der Waals surface area contributed by atoms with Crippen molar-refractivity contribution >= 4 is 6.04 Å². The van der Waals surface area contributed by atoms with Crippen molar-refractivity contribution in [3.05, 3.63) is 34.4 Å². The summed E-state index contributed by atoms with van der Waals surface area (Å²) in [6.45, 7) is 1.21. The van der Waals surface area contributed by atoms with Crippen molar-refractivity contribution in [3.63, 3.8) is 0 Å². The lowest BCUT2D eigenvalue weighted by Crippen LogP contribution is -2.03. The molecule has 0 aliphatic carbocycles. The Morgan fingerprint density at radius 1 is 1.43 bits per heavy atom. The van der Waals surface area contributed by atoms with E-state index in [-0.39, 0.29) is 5.56 Å². The summed E-state index contributed by atoms with van der Waals surface area (Å²) in [5.74, 6) is -2.53. The molecule has 0 spiro atoms. The molecule has 0 aliphatic rings. The molecule has 2 nitrogen and oxygen atoms in total. The molecule has 0 amide bonds. The van der Waals surface area contributed by atoms with E-state index in [1.807, 2.05) is 0 Å². The van der Waals surface area contributed by atoms with Gasteiger partial charge in [0.1, 0.15) is 17.4 Å². The second-order valence-electron chi connectivity index (χ2n) is 2.63. The predicted molar refractivity (Wildman–Crippen MR) is 41.2 cm³/mol. The maximum absolute atomic E-state index is 13.0. The average Bonchev–Trinajstić information content (AvgIpc) is 2.12. The third-order valence-electron chi connectivity index (χ3n) is 1.71. The standard InChI is InChI=1S/C9H4F3NO/c1-4-2-5(9(12)14)8(11)6(3-13)7(4)10/h2H,1H3. The van der Waals surface area contributed by atoms with E-state index in [4.69, 9.17) is 5.26 Å². The number of halogens is 3. The van der Waals surface area contributed by atoms with Crippen molar-refractivity contribution in [3.8, 4) is 6.07 Å². The Hall–Kier alpha value is -1.83. The first-order valence-electron chi connectivity index (χ1n) is 3.57. The largest absolute Gasteiger partial charge is 0.335 e. The van der Waals surface area contributed by atoms with Gasteiger partial charge in [0.2, 0.25) is 0 Å². The maximum atomic E-state index is 13.0. The van der Waals surface area contributed by atoms with Gasteiger partial charge in [0.15, 0.2) is 5.82 Å². The van der Waals surface area contributed by atoms with E-state index >= 15 is 0 Å². The Bertz CT molecular complexity index is 448. The molecular formula is C9H4F3NO. The second-order valence-corrected chi connectivity index (χ2v) is 2.63. The number of benzene rings is 1. The molecule has 0 saturated carbocycles. The Morgan fingerprint density at radius 3 is 2.43 bits per heavy atom. The zero-order valence-electron chi connectivity index (χ0n) is 7.07. The highest BCUT2D eigenvalue weighted by molar-refractivity contribution is 5.89. The van der Waals surface area contributed by atoms with E-state index in [0.717, 1.165) is 6.07 Å². The highest BCUT2D eigenvalue weighted by atomic mass is 19.1. The van der Waals surface area contributed by atoms with E-state index in [2.05, 4.69) is 0 Å². The SMILES string of the molecule is Cc1cc(C(=O)F)c(F)c(C#N)c1F. The van der Waals surface area contributed by atoms with Gasteiger partial charge in [-0.15, -0.1) is 0 Å². The molecule has 0 N–H and O–H groups in total. The second kappa shape index (κ2) is 3.50. The van der Waals surface area contributed by atoms with Gasteiger partial charge in [-0.3, -0.25) is 4.79 Å². The quantitative estimate of drug-likeness (QED) is 0.651. The average molecular weight is 199 g/mol. The van der Waals surface area contributed by atoms with Crippen LogP contribution in [0.2, 0.25) is 0 Å². The van der Waals surface area contributed by atoms with Crippen LogP contribution in [0.25, 0.3) is 0 Å². The summed E-state index contributed by atoms with van der Waals surface area (Å²) in [7, 11) is 0. The lowest BCUT2D eigenvalue weighted by Gasteiger charge is -2.02. The van der Waals surface area contributed by atoms with Gasteiger partial charge >= 0.3 is 6.04 Å². The summed E-state index contributed by atoms with van der Waals surface area (Å²) in [4.78, 5) is 10.3. The van der Waals surface area contributed by atoms with E-state index in [9.17, 15) is 18.0 Å². The van der Waals surface area contributed by atoms with Crippen LogP contribution >= 0.6 is 0 Å². The summed E-state index contributed by atoms with van der Waals surface area (Å²) in [6.07, 6.45) is 0. The molecule has 72 valence electrons. The fraction of sp³-hybridized carbons (Fsp3) is 0.111. The van der Waals surface area contributed by atoms with Gasteiger partial charge in [-0.25, -0.2) is 8.78 Å². The molecule has 5 heteroatoms. The Kier molecular flexibility index (Phi) is 2.56. The number of carbonyl (C=O) groups is 1. The van der Waals surface area contributed by atoms with Crippen molar-refractivity contribution in [2.45, 2.75) is 6.92 Å². The van der Waals surface area contributed by atoms with E-state index in [1.54, 1.807) is 0 Å². The Balaban J connectivity index is 3.61. The van der Waals surface area contributed by atoms with Gasteiger partial charge in [0.25, 0.3) is 0 Å². The molecule has 0 unspecified atom stereocenters. The minimum Gasteiger partial charge on any atom is -0.255 e. The molecule has 0 aromatic heterocycles. The van der Waals surface area contributed by atoms with Gasteiger partial charge < -0.3 is 0 Å². The molecule has 1 rings (SSSR count). The van der Waals surface area contributed by atoms with Gasteiger partial charge in [-0.05, 0) is 18.6 Å². The lowest BCUT2D eigenvalue weighted by atomic mass is 10.1. The number of nitriles is 1. The van der Waals surface area contributed by atoms with Crippen LogP contribution < -0.4 is 0 Å². The van der Waals surface area contributed by atoms with Crippen LogP contribution in [0, 0.1) is 29.9 Å². The van der Waals surface area contributed by atoms with Crippen LogP contribution in [0.5, 0.6) is 0 Å². The van der Waals surface area contributed by atoms with Crippen molar-refractivity contribution in [1.82, 2.24) is 0 Å². The van der Waals surface area contributed by atoms with Crippen LogP contribution in [0.1, 0.15) is 21.5 Å². The lowest BCUT2D eigenvalue weighted by molar-refractivity contribution is 0.0831. The highest BCUT2D eigenvalue weighted by Crippen LogP contribution is 2.20. The molecule has 0 saturated heterocycles. The van der Waals surface area contributed by atoms with Crippen molar-refractivity contribution < 1.29 is 18.0 Å². The molecule has 1 aromatic carbocycles. The smallest absolute Gasteiger partial charge is 0.255 e. The zero-order chi connectivity index (χ0) is 10.9. The van der Waals surface area contributed by atoms with Crippen molar-refractivity contribution in [2.75, 3.05) is 0 Å². The van der Waals surface area contributed by atoms with E-state index < -0.39 is 28.8 Å². The summed E-state index contributed by atoms with van der Waals surface area (Å²) >= 11 is 0. The minimum absolute atomic E-state index is 0.149. The van der Waals surface area contributed by atoms with Crippen LogP contribution in [0.15, 0.2) is 6.07 Å². The fourth-order valence-corrected chi connectivity index (χ4v) is 1.01. The van der Waals surface area contributed by atoms with Crippen LogP contribution in [0.3, 0.4) is 0 Å². The number of aryl methyl sites for hydroxylation is 1. The summed E-state index contributed by atoms with van der Waals surface area (Å²) in [5, 5.41) is 8.37. The molecule has 1 aromatic rings. The first-order chi connectivity index (χ1) is 6.49. The first kappa shape index (κ1) is 10.3.